The lowest BCUT2D eigenvalue weighted by atomic mass is 10.1. The van der Waals surface area contributed by atoms with E-state index >= 15 is 0 Å². The van der Waals surface area contributed by atoms with E-state index in [0.717, 1.165) is 20.8 Å². The van der Waals surface area contributed by atoms with Crippen molar-refractivity contribution < 1.29 is 8.42 Å². The molecule has 0 radical (unpaired) electrons. The lowest BCUT2D eigenvalue weighted by Gasteiger charge is -2.14. The summed E-state index contributed by atoms with van der Waals surface area (Å²) in [6.45, 7) is 1.96. The topological polar surface area (TPSA) is 95.2 Å². The summed E-state index contributed by atoms with van der Waals surface area (Å²) in [7, 11) is -0.664. The van der Waals surface area contributed by atoms with Gasteiger partial charge in [0, 0.05) is 37.3 Å². The van der Waals surface area contributed by atoms with Crippen molar-refractivity contribution in [1.29, 1.82) is 0 Å². The second kappa shape index (κ2) is 6.30. The van der Waals surface area contributed by atoms with Gasteiger partial charge in [-0.25, -0.2) is 4.98 Å². The molecule has 0 aliphatic heterocycles. The Morgan fingerprint density at radius 2 is 1.88 bits per heavy atom. The zero-order valence-corrected chi connectivity index (χ0v) is 14.9. The first kappa shape index (κ1) is 17.1. The average molecular weight is 358 g/mol. The van der Waals surface area contributed by atoms with Crippen molar-refractivity contribution >= 4 is 26.8 Å². The van der Waals surface area contributed by atoms with Gasteiger partial charge >= 0.3 is 10.2 Å². The minimum absolute atomic E-state index is 0.179. The summed E-state index contributed by atoms with van der Waals surface area (Å²) in [4.78, 5) is 18.4. The summed E-state index contributed by atoms with van der Waals surface area (Å²) in [6, 6.07) is 10.3. The van der Waals surface area contributed by atoms with E-state index in [1.807, 2.05) is 19.1 Å². The van der Waals surface area contributed by atoms with Gasteiger partial charge in [-0.3, -0.25) is 9.52 Å². The molecule has 2 N–H and O–H groups in total. The fourth-order valence-electron chi connectivity index (χ4n) is 2.42. The normalized spacial score (nSPS) is 11.8. The summed E-state index contributed by atoms with van der Waals surface area (Å²) >= 11 is 0. The molecule has 0 atom stereocenters. The molecule has 2 aromatic heterocycles. The lowest BCUT2D eigenvalue weighted by Crippen LogP contribution is -2.28. The molecule has 7 nitrogen and oxygen atoms in total. The number of hydrogen-bond donors (Lipinski definition) is 2. The zero-order chi connectivity index (χ0) is 18.2. The van der Waals surface area contributed by atoms with Crippen molar-refractivity contribution in [3.63, 3.8) is 0 Å². The summed E-state index contributed by atoms with van der Waals surface area (Å²) in [6.07, 6.45) is 1.61. The standard InChI is InChI=1S/C17H18N4O3S/c1-11-8-15(12-4-7-17(22)18-10-12)19-16-9-13(5-6-14(11)16)20-25(23,24)21(2)3/h4-10,20H,1-3H3,(H,18,22). The maximum absolute atomic E-state index is 12.0. The molecule has 1 aromatic carbocycles. The van der Waals surface area contributed by atoms with Crippen molar-refractivity contribution in [1.82, 2.24) is 14.3 Å². The van der Waals surface area contributed by atoms with Crippen LogP contribution in [0.1, 0.15) is 5.56 Å². The minimum Gasteiger partial charge on any atom is -0.328 e. The zero-order valence-electron chi connectivity index (χ0n) is 14.1. The number of aromatic amines is 1. The first-order valence-corrected chi connectivity index (χ1v) is 9.01. The number of pyridine rings is 2. The van der Waals surface area contributed by atoms with Gasteiger partial charge in [0.1, 0.15) is 0 Å². The first-order valence-electron chi connectivity index (χ1n) is 7.57. The SMILES string of the molecule is Cc1cc(-c2ccc(=O)[nH]c2)nc2cc(NS(=O)(=O)N(C)C)ccc12. The van der Waals surface area contributed by atoms with Crippen molar-refractivity contribution in [2.75, 3.05) is 18.8 Å². The van der Waals surface area contributed by atoms with Gasteiger partial charge in [-0.15, -0.1) is 0 Å². The highest BCUT2D eigenvalue weighted by Gasteiger charge is 2.14. The molecule has 0 fully saturated rings. The molecule has 0 aliphatic rings. The Balaban J connectivity index is 2.09. The number of rotatable bonds is 4. The largest absolute Gasteiger partial charge is 0.328 e. The van der Waals surface area contributed by atoms with Gasteiger partial charge in [-0.2, -0.15) is 12.7 Å². The van der Waals surface area contributed by atoms with Gasteiger partial charge in [-0.05, 0) is 36.8 Å². The highest BCUT2D eigenvalue weighted by molar-refractivity contribution is 7.90. The van der Waals surface area contributed by atoms with E-state index in [2.05, 4.69) is 14.7 Å². The van der Waals surface area contributed by atoms with E-state index in [4.69, 9.17) is 0 Å². The van der Waals surface area contributed by atoms with Crippen molar-refractivity contribution in [2.24, 2.45) is 0 Å². The van der Waals surface area contributed by atoms with Crippen molar-refractivity contribution in [3.8, 4) is 11.3 Å². The van der Waals surface area contributed by atoms with Crippen LogP contribution in [0.4, 0.5) is 5.69 Å². The van der Waals surface area contributed by atoms with Gasteiger partial charge in [0.25, 0.3) is 0 Å². The van der Waals surface area contributed by atoms with Gasteiger partial charge in [0.2, 0.25) is 5.56 Å². The number of nitrogens with zero attached hydrogens (tertiary/aromatic N) is 2. The smallest absolute Gasteiger partial charge is 0.301 e. The molecule has 0 bridgehead atoms. The molecule has 0 spiro atoms. The Hall–Kier alpha value is -2.71. The average Bonchev–Trinajstić information content (AvgIpc) is 2.54. The van der Waals surface area contributed by atoms with Crippen LogP contribution >= 0.6 is 0 Å². The Bertz CT molecular complexity index is 1080. The van der Waals surface area contributed by atoms with E-state index < -0.39 is 10.2 Å². The molecule has 3 aromatic rings. The second-order valence-electron chi connectivity index (χ2n) is 5.89. The van der Waals surface area contributed by atoms with Crippen molar-refractivity contribution in [3.05, 3.63) is 58.5 Å². The van der Waals surface area contributed by atoms with Crippen LogP contribution in [0.5, 0.6) is 0 Å². The molecule has 2 heterocycles. The van der Waals surface area contributed by atoms with E-state index in [0.29, 0.717) is 16.9 Å². The molecular formula is C17H18N4O3S. The number of fused-ring (bicyclic) bond motifs is 1. The fraction of sp³-hybridized carbons (Fsp3) is 0.176. The van der Waals surface area contributed by atoms with Gasteiger partial charge < -0.3 is 4.98 Å². The van der Waals surface area contributed by atoms with Crippen LogP contribution in [0.3, 0.4) is 0 Å². The van der Waals surface area contributed by atoms with Crippen LogP contribution in [0.15, 0.2) is 47.4 Å². The monoisotopic (exact) mass is 358 g/mol. The summed E-state index contributed by atoms with van der Waals surface area (Å²) < 4.78 is 27.6. The maximum atomic E-state index is 12.0. The number of hydrogen-bond acceptors (Lipinski definition) is 4. The molecule has 8 heteroatoms. The van der Waals surface area contributed by atoms with Crippen LogP contribution < -0.4 is 10.3 Å². The first-order chi connectivity index (χ1) is 11.8. The van der Waals surface area contributed by atoms with Gasteiger partial charge in [0.05, 0.1) is 16.9 Å². The lowest BCUT2D eigenvalue weighted by molar-refractivity contribution is 0.527. The highest BCUT2D eigenvalue weighted by atomic mass is 32.2. The number of anilines is 1. The van der Waals surface area contributed by atoms with E-state index in [9.17, 15) is 13.2 Å². The third-order valence-electron chi connectivity index (χ3n) is 3.82. The predicted octanol–water partition coefficient (Wildman–Crippen LogP) is 2.12. The fourth-order valence-corrected chi connectivity index (χ4v) is 3.03. The molecule has 0 saturated carbocycles. The van der Waals surface area contributed by atoms with Gasteiger partial charge in [-0.1, -0.05) is 6.07 Å². The molecule has 0 aliphatic carbocycles. The van der Waals surface area contributed by atoms with E-state index in [1.54, 1.807) is 24.4 Å². The van der Waals surface area contributed by atoms with Crippen molar-refractivity contribution in [2.45, 2.75) is 6.92 Å². The summed E-state index contributed by atoms with van der Waals surface area (Å²) in [5, 5.41) is 0.931. The predicted molar refractivity (Wildman–Crippen MR) is 98.8 cm³/mol. The third-order valence-corrected chi connectivity index (χ3v) is 5.28. The molecule has 25 heavy (non-hydrogen) atoms. The third kappa shape index (κ3) is 3.54. The minimum atomic E-state index is -3.58. The van der Waals surface area contributed by atoms with Crippen LogP contribution in [0, 0.1) is 6.92 Å². The van der Waals surface area contributed by atoms with E-state index in [-0.39, 0.29) is 5.56 Å². The van der Waals surface area contributed by atoms with Crippen LogP contribution in [0.25, 0.3) is 22.2 Å². The Labute approximate surface area is 145 Å². The number of benzene rings is 1. The molecular weight excluding hydrogens is 340 g/mol. The number of H-pyrrole nitrogens is 1. The number of aryl methyl sites for hydroxylation is 1. The van der Waals surface area contributed by atoms with Gasteiger partial charge in [0.15, 0.2) is 0 Å². The maximum Gasteiger partial charge on any atom is 0.301 e. The quantitative estimate of drug-likeness (QED) is 0.747. The van der Waals surface area contributed by atoms with Crippen LogP contribution in [-0.4, -0.2) is 36.8 Å². The Morgan fingerprint density at radius 1 is 1.12 bits per heavy atom. The summed E-state index contributed by atoms with van der Waals surface area (Å²) in [5.74, 6) is 0. The number of nitrogens with one attached hydrogen (secondary N) is 2. The molecule has 0 unspecified atom stereocenters. The molecule has 3 rings (SSSR count). The molecule has 0 amide bonds. The Kier molecular flexibility index (Phi) is 4.32. The molecule has 130 valence electrons. The number of aromatic nitrogens is 2. The highest BCUT2D eigenvalue weighted by Crippen LogP contribution is 2.26. The summed E-state index contributed by atoms with van der Waals surface area (Å²) in [5.41, 5.74) is 3.42. The molecule has 0 saturated heterocycles. The van der Waals surface area contributed by atoms with Crippen LogP contribution in [-0.2, 0) is 10.2 Å². The van der Waals surface area contributed by atoms with Crippen LogP contribution in [0.2, 0.25) is 0 Å². The second-order valence-corrected chi connectivity index (χ2v) is 7.77. The van der Waals surface area contributed by atoms with E-state index in [1.165, 1.54) is 20.2 Å². The Morgan fingerprint density at radius 3 is 2.52 bits per heavy atom.